The normalized spacial score (nSPS) is 11.6. The molecule has 2 amide bonds. The molecule has 0 aromatic heterocycles. The number of hydrogen-bond acceptors (Lipinski definition) is 3. The van der Waals surface area contributed by atoms with Crippen LogP contribution in [0.4, 0.5) is 0 Å². The molecule has 0 saturated heterocycles. The van der Waals surface area contributed by atoms with Crippen molar-refractivity contribution < 1.29 is 14.8 Å². The summed E-state index contributed by atoms with van der Waals surface area (Å²) < 4.78 is 0. The summed E-state index contributed by atoms with van der Waals surface area (Å²) in [5.74, 6) is -0.414. The second kappa shape index (κ2) is 8.10. The van der Waals surface area contributed by atoms with E-state index in [0.29, 0.717) is 18.5 Å². The molecule has 2 rings (SSSR count). The lowest BCUT2D eigenvalue weighted by molar-refractivity contribution is -0.121. The second-order valence-electron chi connectivity index (χ2n) is 5.43. The van der Waals surface area contributed by atoms with Crippen LogP contribution in [0.5, 0.6) is 0 Å². The highest BCUT2D eigenvalue weighted by molar-refractivity contribution is 5.93. The standard InChI is InChI=1S/C18H20N2O3/c1-13(15-5-3-2-4-6-15)11-17(21)19-12-14-7-9-16(10-8-14)18(22)20-23/h2-10,13,23H,11-12H2,1H3,(H,19,21)(H,20,22). The predicted molar refractivity (Wildman–Crippen MR) is 87.0 cm³/mol. The molecule has 5 heteroatoms. The van der Waals surface area contributed by atoms with Crippen LogP contribution in [0.2, 0.25) is 0 Å². The minimum Gasteiger partial charge on any atom is -0.352 e. The highest BCUT2D eigenvalue weighted by Crippen LogP contribution is 2.18. The van der Waals surface area contributed by atoms with E-state index in [2.05, 4.69) is 5.32 Å². The molecule has 0 spiro atoms. The second-order valence-corrected chi connectivity index (χ2v) is 5.43. The maximum Gasteiger partial charge on any atom is 0.274 e. The molecule has 5 nitrogen and oxygen atoms in total. The van der Waals surface area contributed by atoms with Gasteiger partial charge in [-0.25, -0.2) is 5.48 Å². The van der Waals surface area contributed by atoms with Gasteiger partial charge in [-0.3, -0.25) is 14.8 Å². The Bertz CT molecular complexity index is 654. The van der Waals surface area contributed by atoms with Gasteiger partial charge >= 0.3 is 0 Å². The van der Waals surface area contributed by atoms with Gasteiger partial charge in [-0.05, 0) is 29.2 Å². The third-order valence-electron chi connectivity index (χ3n) is 3.67. The molecule has 1 atom stereocenters. The van der Waals surface area contributed by atoms with Crippen LogP contribution in [0.15, 0.2) is 54.6 Å². The van der Waals surface area contributed by atoms with Crippen LogP contribution < -0.4 is 10.8 Å². The van der Waals surface area contributed by atoms with Crippen LogP contribution in [0.3, 0.4) is 0 Å². The summed E-state index contributed by atoms with van der Waals surface area (Å²) >= 11 is 0. The summed E-state index contributed by atoms with van der Waals surface area (Å²) in [6.07, 6.45) is 0.426. The highest BCUT2D eigenvalue weighted by Gasteiger charge is 2.11. The first kappa shape index (κ1) is 16.7. The molecule has 1 unspecified atom stereocenters. The van der Waals surface area contributed by atoms with E-state index < -0.39 is 5.91 Å². The van der Waals surface area contributed by atoms with Crippen molar-refractivity contribution >= 4 is 11.8 Å². The number of carbonyl (C=O) groups excluding carboxylic acids is 2. The molecule has 0 aliphatic heterocycles. The summed E-state index contributed by atoms with van der Waals surface area (Å²) in [6, 6.07) is 16.6. The summed E-state index contributed by atoms with van der Waals surface area (Å²) in [7, 11) is 0. The zero-order valence-electron chi connectivity index (χ0n) is 13.0. The molecule has 0 aliphatic carbocycles. The monoisotopic (exact) mass is 312 g/mol. The van der Waals surface area contributed by atoms with E-state index in [9.17, 15) is 9.59 Å². The molecular formula is C18H20N2O3. The summed E-state index contributed by atoms with van der Waals surface area (Å²) in [5, 5.41) is 11.4. The molecule has 23 heavy (non-hydrogen) atoms. The quantitative estimate of drug-likeness (QED) is 0.567. The van der Waals surface area contributed by atoms with Crippen LogP contribution in [0.1, 0.15) is 40.7 Å². The van der Waals surface area contributed by atoms with E-state index in [4.69, 9.17) is 5.21 Å². The molecule has 0 saturated carbocycles. The maximum atomic E-state index is 12.0. The summed E-state index contributed by atoms with van der Waals surface area (Å²) in [4.78, 5) is 23.2. The van der Waals surface area contributed by atoms with Gasteiger partial charge in [0, 0.05) is 18.5 Å². The zero-order chi connectivity index (χ0) is 16.7. The Balaban J connectivity index is 1.83. The Labute approximate surface area is 135 Å². The minimum atomic E-state index is -0.558. The average molecular weight is 312 g/mol. The average Bonchev–Trinajstić information content (AvgIpc) is 2.60. The van der Waals surface area contributed by atoms with Crippen molar-refractivity contribution in [3.05, 3.63) is 71.3 Å². The van der Waals surface area contributed by atoms with Crippen molar-refractivity contribution in [1.29, 1.82) is 0 Å². The number of hydroxylamine groups is 1. The van der Waals surface area contributed by atoms with E-state index in [-0.39, 0.29) is 11.8 Å². The Morgan fingerprint density at radius 1 is 1.04 bits per heavy atom. The van der Waals surface area contributed by atoms with Crippen molar-refractivity contribution in [3.63, 3.8) is 0 Å². The third kappa shape index (κ3) is 4.93. The Kier molecular flexibility index (Phi) is 5.88. The maximum absolute atomic E-state index is 12.0. The van der Waals surface area contributed by atoms with Crippen LogP contribution in [-0.2, 0) is 11.3 Å². The van der Waals surface area contributed by atoms with Gasteiger partial charge in [0.25, 0.3) is 5.91 Å². The van der Waals surface area contributed by atoms with Crippen LogP contribution in [-0.4, -0.2) is 17.0 Å². The fraction of sp³-hybridized carbons (Fsp3) is 0.222. The van der Waals surface area contributed by atoms with Crippen LogP contribution >= 0.6 is 0 Å². The molecule has 120 valence electrons. The lowest BCUT2D eigenvalue weighted by Crippen LogP contribution is -2.24. The first-order valence-electron chi connectivity index (χ1n) is 7.45. The summed E-state index contributed by atoms with van der Waals surface area (Å²) in [6.45, 7) is 2.43. The lowest BCUT2D eigenvalue weighted by atomic mass is 9.97. The number of amides is 2. The van der Waals surface area contributed by atoms with Gasteiger partial charge in [-0.15, -0.1) is 0 Å². The summed E-state index contributed by atoms with van der Waals surface area (Å²) in [5.41, 5.74) is 3.97. The van der Waals surface area contributed by atoms with Crippen molar-refractivity contribution in [1.82, 2.24) is 10.8 Å². The fourth-order valence-corrected chi connectivity index (χ4v) is 2.29. The van der Waals surface area contributed by atoms with E-state index in [0.717, 1.165) is 11.1 Å². The number of hydrogen-bond donors (Lipinski definition) is 3. The first-order valence-corrected chi connectivity index (χ1v) is 7.45. The predicted octanol–water partition coefficient (Wildman–Crippen LogP) is 2.62. The van der Waals surface area contributed by atoms with Crippen LogP contribution in [0, 0.1) is 0 Å². The third-order valence-corrected chi connectivity index (χ3v) is 3.67. The van der Waals surface area contributed by atoms with Crippen LogP contribution in [0.25, 0.3) is 0 Å². The number of benzene rings is 2. The van der Waals surface area contributed by atoms with Gasteiger partial charge < -0.3 is 5.32 Å². The number of carbonyl (C=O) groups is 2. The Morgan fingerprint density at radius 3 is 2.30 bits per heavy atom. The molecular weight excluding hydrogens is 292 g/mol. The molecule has 3 N–H and O–H groups in total. The van der Waals surface area contributed by atoms with E-state index in [1.807, 2.05) is 37.3 Å². The smallest absolute Gasteiger partial charge is 0.274 e. The van der Waals surface area contributed by atoms with E-state index in [1.165, 1.54) is 0 Å². The van der Waals surface area contributed by atoms with Gasteiger partial charge in [0.05, 0.1) is 0 Å². The van der Waals surface area contributed by atoms with E-state index in [1.54, 1.807) is 29.7 Å². The van der Waals surface area contributed by atoms with Gasteiger partial charge in [-0.2, -0.15) is 0 Å². The molecule has 0 aliphatic rings. The Morgan fingerprint density at radius 2 is 1.70 bits per heavy atom. The minimum absolute atomic E-state index is 0.0152. The topological polar surface area (TPSA) is 78.4 Å². The largest absolute Gasteiger partial charge is 0.352 e. The molecule has 0 radical (unpaired) electrons. The highest BCUT2D eigenvalue weighted by atomic mass is 16.5. The molecule has 2 aromatic rings. The molecule has 2 aromatic carbocycles. The van der Waals surface area contributed by atoms with Gasteiger partial charge in [-0.1, -0.05) is 49.4 Å². The van der Waals surface area contributed by atoms with Crippen molar-refractivity contribution in [3.8, 4) is 0 Å². The molecule has 0 bridgehead atoms. The Hall–Kier alpha value is -2.66. The van der Waals surface area contributed by atoms with Gasteiger partial charge in [0.1, 0.15) is 0 Å². The van der Waals surface area contributed by atoms with Crippen molar-refractivity contribution in [2.45, 2.75) is 25.8 Å². The fourth-order valence-electron chi connectivity index (χ4n) is 2.29. The van der Waals surface area contributed by atoms with E-state index >= 15 is 0 Å². The lowest BCUT2D eigenvalue weighted by Gasteiger charge is -2.12. The zero-order valence-corrected chi connectivity index (χ0v) is 13.0. The van der Waals surface area contributed by atoms with Crippen molar-refractivity contribution in [2.24, 2.45) is 0 Å². The van der Waals surface area contributed by atoms with Gasteiger partial charge in [0.15, 0.2) is 0 Å². The number of rotatable bonds is 6. The first-order chi connectivity index (χ1) is 11.1. The van der Waals surface area contributed by atoms with Gasteiger partial charge in [0.2, 0.25) is 5.91 Å². The molecule has 0 heterocycles. The molecule has 0 fully saturated rings. The number of nitrogens with one attached hydrogen (secondary N) is 2. The SMILES string of the molecule is CC(CC(=O)NCc1ccc(C(=O)NO)cc1)c1ccccc1. The van der Waals surface area contributed by atoms with Crippen molar-refractivity contribution in [2.75, 3.05) is 0 Å².